The van der Waals surface area contributed by atoms with Crippen molar-refractivity contribution in [1.29, 1.82) is 0 Å². The van der Waals surface area contributed by atoms with Crippen LogP contribution in [0.15, 0.2) is 30.7 Å². The van der Waals surface area contributed by atoms with Gasteiger partial charge in [-0.05, 0) is 31.4 Å². The quantitative estimate of drug-likeness (QED) is 0.884. The Morgan fingerprint density at radius 2 is 1.96 bits per heavy atom. The van der Waals surface area contributed by atoms with Gasteiger partial charge in [0.15, 0.2) is 0 Å². The first-order valence-electron chi connectivity index (χ1n) is 9.40. The highest BCUT2D eigenvalue weighted by Gasteiger charge is 2.17. The molecule has 0 spiro atoms. The van der Waals surface area contributed by atoms with Crippen molar-refractivity contribution in [1.82, 2.24) is 15.0 Å². The highest BCUT2D eigenvalue weighted by atomic mass is 16.5. The predicted octanol–water partition coefficient (Wildman–Crippen LogP) is 2.31. The summed E-state index contributed by atoms with van der Waals surface area (Å²) in [7, 11) is 0. The molecule has 26 heavy (non-hydrogen) atoms. The fourth-order valence-electron chi connectivity index (χ4n) is 3.49. The maximum Gasteiger partial charge on any atom is 0.134 e. The van der Waals surface area contributed by atoms with Crippen LogP contribution in [0.4, 0.5) is 17.5 Å². The molecule has 7 nitrogen and oxygen atoms in total. The van der Waals surface area contributed by atoms with Gasteiger partial charge < -0.3 is 19.9 Å². The van der Waals surface area contributed by atoms with Crippen LogP contribution in [0.25, 0.3) is 0 Å². The molecule has 1 atom stereocenters. The first-order valence-corrected chi connectivity index (χ1v) is 9.40. The average Bonchev–Trinajstić information content (AvgIpc) is 3.22. The summed E-state index contributed by atoms with van der Waals surface area (Å²) < 4.78 is 5.59. The zero-order chi connectivity index (χ0) is 17.8. The maximum absolute atomic E-state index is 5.59. The van der Waals surface area contributed by atoms with E-state index in [4.69, 9.17) is 4.74 Å². The normalized spacial score (nSPS) is 20.4. The number of nitrogens with zero attached hydrogens (tertiary/aromatic N) is 5. The fourth-order valence-corrected chi connectivity index (χ4v) is 3.49. The van der Waals surface area contributed by atoms with Crippen molar-refractivity contribution in [3.63, 3.8) is 0 Å². The van der Waals surface area contributed by atoms with Crippen LogP contribution in [0.5, 0.6) is 0 Å². The van der Waals surface area contributed by atoms with Gasteiger partial charge in [0.2, 0.25) is 0 Å². The molecule has 0 bridgehead atoms. The molecular formula is C19H26N6O. The van der Waals surface area contributed by atoms with Crippen molar-refractivity contribution in [2.75, 3.05) is 47.9 Å². The number of rotatable bonds is 5. The Kier molecular flexibility index (Phi) is 5.15. The van der Waals surface area contributed by atoms with E-state index >= 15 is 0 Å². The number of hydrogen-bond acceptors (Lipinski definition) is 7. The minimum atomic E-state index is 0.259. The van der Waals surface area contributed by atoms with Crippen molar-refractivity contribution in [2.24, 2.45) is 0 Å². The summed E-state index contributed by atoms with van der Waals surface area (Å²) in [4.78, 5) is 17.9. The summed E-state index contributed by atoms with van der Waals surface area (Å²) in [6.07, 6.45) is 6.32. The molecule has 2 fully saturated rings. The summed E-state index contributed by atoms with van der Waals surface area (Å²) in [5.41, 5.74) is 1.14. The minimum Gasteiger partial charge on any atom is -0.375 e. The summed E-state index contributed by atoms with van der Waals surface area (Å²) in [6.45, 7) is 7.52. The molecule has 0 amide bonds. The van der Waals surface area contributed by atoms with Gasteiger partial charge in [0.1, 0.15) is 23.8 Å². The molecule has 0 aromatic carbocycles. The highest BCUT2D eigenvalue weighted by molar-refractivity contribution is 5.49. The fraction of sp³-hybridized carbons (Fsp3) is 0.526. The van der Waals surface area contributed by atoms with E-state index in [1.807, 2.05) is 12.3 Å². The van der Waals surface area contributed by atoms with E-state index in [0.717, 1.165) is 55.8 Å². The third-order valence-electron chi connectivity index (χ3n) is 4.93. The Balaban J connectivity index is 1.35. The lowest BCUT2D eigenvalue weighted by Crippen LogP contribution is -2.41. The highest BCUT2D eigenvalue weighted by Crippen LogP contribution is 2.20. The van der Waals surface area contributed by atoms with Crippen LogP contribution in [0.2, 0.25) is 0 Å². The number of pyridine rings is 1. The lowest BCUT2D eigenvalue weighted by Gasteiger charge is -2.32. The molecule has 2 aromatic heterocycles. The summed E-state index contributed by atoms with van der Waals surface area (Å²) >= 11 is 0. The molecule has 2 saturated heterocycles. The number of nitrogens with one attached hydrogen (secondary N) is 1. The first-order chi connectivity index (χ1) is 12.8. The van der Waals surface area contributed by atoms with Crippen molar-refractivity contribution < 1.29 is 4.74 Å². The molecule has 7 heteroatoms. The summed E-state index contributed by atoms with van der Waals surface area (Å²) in [5.74, 6) is 2.88. The second-order valence-electron chi connectivity index (χ2n) is 6.96. The number of ether oxygens (including phenoxy) is 1. The van der Waals surface area contributed by atoms with Crippen LogP contribution in [0.3, 0.4) is 0 Å². The van der Waals surface area contributed by atoms with Crippen LogP contribution in [0, 0.1) is 0 Å². The summed E-state index contributed by atoms with van der Waals surface area (Å²) in [5, 5.41) is 3.38. The zero-order valence-corrected chi connectivity index (χ0v) is 15.3. The first kappa shape index (κ1) is 17.0. The predicted molar refractivity (Wildman–Crippen MR) is 103 cm³/mol. The molecular weight excluding hydrogens is 328 g/mol. The molecule has 4 heterocycles. The van der Waals surface area contributed by atoms with Crippen LogP contribution in [-0.2, 0) is 11.3 Å². The molecule has 0 saturated carbocycles. The van der Waals surface area contributed by atoms with Crippen LogP contribution >= 0.6 is 0 Å². The second kappa shape index (κ2) is 7.86. The zero-order valence-electron chi connectivity index (χ0n) is 15.3. The monoisotopic (exact) mass is 354 g/mol. The van der Waals surface area contributed by atoms with Crippen LogP contribution < -0.4 is 15.1 Å². The Bertz CT molecular complexity index is 716. The van der Waals surface area contributed by atoms with Crippen molar-refractivity contribution in [3.8, 4) is 0 Å². The molecule has 2 aliphatic rings. The van der Waals surface area contributed by atoms with E-state index in [2.05, 4.69) is 49.1 Å². The van der Waals surface area contributed by atoms with Gasteiger partial charge in [-0.15, -0.1) is 0 Å². The van der Waals surface area contributed by atoms with Crippen LogP contribution in [-0.4, -0.2) is 53.8 Å². The van der Waals surface area contributed by atoms with Crippen molar-refractivity contribution in [3.05, 3.63) is 36.3 Å². The number of morpholine rings is 1. The van der Waals surface area contributed by atoms with E-state index in [9.17, 15) is 0 Å². The van der Waals surface area contributed by atoms with Gasteiger partial charge in [0, 0.05) is 45.0 Å². The third kappa shape index (κ3) is 4.04. The molecule has 0 radical (unpaired) electrons. The van der Waals surface area contributed by atoms with Gasteiger partial charge in [-0.1, -0.05) is 6.07 Å². The molecule has 2 aromatic rings. The van der Waals surface area contributed by atoms with E-state index in [0.29, 0.717) is 6.54 Å². The topological polar surface area (TPSA) is 66.4 Å². The lowest BCUT2D eigenvalue weighted by molar-refractivity contribution is 0.0529. The lowest BCUT2D eigenvalue weighted by atomic mass is 10.2. The van der Waals surface area contributed by atoms with E-state index in [1.54, 1.807) is 6.33 Å². The molecule has 0 aliphatic carbocycles. The molecule has 2 aliphatic heterocycles. The summed E-state index contributed by atoms with van der Waals surface area (Å²) in [6, 6.07) is 6.24. The Hall–Kier alpha value is -2.41. The Morgan fingerprint density at radius 1 is 1.08 bits per heavy atom. The third-order valence-corrected chi connectivity index (χ3v) is 4.93. The molecule has 1 N–H and O–H groups in total. The largest absolute Gasteiger partial charge is 0.375 e. The smallest absolute Gasteiger partial charge is 0.134 e. The van der Waals surface area contributed by atoms with Gasteiger partial charge in [0.25, 0.3) is 0 Å². The van der Waals surface area contributed by atoms with E-state index in [1.165, 1.54) is 12.8 Å². The second-order valence-corrected chi connectivity index (χ2v) is 6.96. The van der Waals surface area contributed by atoms with Crippen molar-refractivity contribution in [2.45, 2.75) is 32.4 Å². The van der Waals surface area contributed by atoms with Crippen LogP contribution in [0.1, 0.15) is 25.3 Å². The maximum atomic E-state index is 5.59. The van der Waals surface area contributed by atoms with E-state index in [-0.39, 0.29) is 6.10 Å². The van der Waals surface area contributed by atoms with Gasteiger partial charge in [-0.2, -0.15) is 0 Å². The minimum absolute atomic E-state index is 0.259. The number of anilines is 3. The average molecular weight is 354 g/mol. The molecule has 1 unspecified atom stereocenters. The van der Waals surface area contributed by atoms with Gasteiger partial charge >= 0.3 is 0 Å². The van der Waals surface area contributed by atoms with E-state index < -0.39 is 0 Å². The van der Waals surface area contributed by atoms with Gasteiger partial charge in [0.05, 0.1) is 12.7 Å². The molecule has 138 valence electrons. The molecule has 4 rings (SSSR count). The van der Waals surface area contributed by atoms with Crippen molar-refractivity contribution >= 4 is 17.5 Å². The Labute approximate surface area is 154 Å². The Morgan fingerprint density at radius 3 is 2.73 bits per heavy atom. The number of aromatic nitrogens is 3. The van der Waals surface area contributed by atoms with Gasteiger partial charge in [-0.3, -0.25) is 0 Å². The number of hydrogen-bond donors (Lipinski definition) is 1. The SMILES string of the molecule is CC1CN(c2ccc(CNc3cc(N4CCCC4)ncn3)cn2)CCO1. The van der Waals surface area contributed by atoms with Gasteiger partial charge in [-0.25, -0.2) is 15.0 Å². The standard InChI is InChI=1S/C19H26N6O/c1-15-13-25(8-9-26-15)18-5-4-16(12-21-18)11-20-17-10-19(23-14-22-17)24-6-2-3-7-24/h4-5,10,12,14-15H,2-3,6-9,11,13H2,1H3,(H,20,22,23).